The molecule has 2 rings (SSSR count). The first-order valence-electron chi connectivity index (χ1n) is 8.99. The minimum absolute atomic E-state index is 0.00941. The van der Waals surface area contributed by atoms with Crippen molar-refractivity contribution in [1.82, 2.24) is 15.1 Å². The Balaban J connectivity index is 1.85. The monoisotopic (exact) mass is 349 g/mol. The van der Waals surface area contributed by atoms with Crippen molar-refractivity contribution >= 4 is 5.91 Å². The van der Waals surface area contributed by atoms with Gasteiger partial charge in [-0.05, 0) is 46.1 Å². The second-order valence-corrected chi connectivity index (χ2v) is 6.96. The van der Waals surface area contributed by atoms with E-state index in [1.165, 1.54) is 5.57 Å². The summed E-state index contributed by atoms with van der Waals surface area (Å²) in [5, 5.41) is 7.49. The van der Waals surface area contributed by atoms with Crippen LogP contribution in [0.5, 0.6) is 0 Å². The molecule has 0 unspecified atom stereocenters. The molecule has 1 fully saturated rings. The summed E-state index contributed by atoms with van der Waals surface area (Å²) in [6, 6.07) is -0.0806. The molecule has 1 N–H and O–H groups in total. The van der Waals surface area contributed by atoms with Crippen LogP contribution in [0.25, 0.3) is 0 Å². The lowest BCUT2D eigenvalue weighted by molar-refractivity contribution is -0.125. The topological polar surface area (TPSA) is 65.4 Å². The van der Waals surface area contributed by atoms with Crippen LogP contribution in [-0.2, 0) is 27.7 Å². The number of aromatic nitrogens is 2. The minimum Gasteiger partial charge on any atom is -0.379 e. The lowest BCUT2D eigenvalue weighted by Gasteiger charge is -2.32. The van der Waals surface area contributed by atoms with Gasteiger partial charge in [0, 0.05) is 25.8 Å². The molecule has 1 amide bonds. The van der Waals surface area contributed by atoms with E-state index in [-0.39, 0.29) is 18.1 Å². The maximum Gasteiger partial charge on any atom is 0.220 e. The van der Waals surface area contributed by atoms with Crippen molar-refractivity contribution in [3.63, 3.8) is 0 Å². The van der Waals surface area contributed by atoms with Crippen LogP contribution in [0.4, 0.5) is 0 Å². The first-order chi connectivity index (χ1) is 11.9. The van der Waals surface area contributed by atoms with E-state index in [1.807, 2.05) is 25.6 Å². The van der Waals surface area contributed by atoms with Gasteiger partial charge in [-0.15, -0.1) is 0 Å². The summed E-state index contributed by atoms with van der Waals surface area (Å²) in [4.78, 5) is 12.4. The third kappa shape index (κ3) is 5.68. The zero-order valence-corrected chi connectivity index (χ0v) is 16.1. The highest BCUT2D eigenvalue weighted by molar-refractivity contribution is 5.76. The Morgan fingerprint density at radius 2 is 2.20 bits per heavy atom. The fraction of sp³-hybridized carbons (Fsp3) is 0.684. The van der Waals surface area contributed by atoms with Crippen LogP contribution >= 0.6 is 0 Å². The molecule has 1 aliphatic heterocycles. The Bertz CT molecular complexity index is 618. The maximum absolute atomic E-state index is 12.4. The molecule has 0 spiro atoms. The van der Waals surface area contributed by atoms with Crippen LogP contribution in [0.1, 0.15) is 43.6 Å². The average molecular weight is 349 g/mol. The summed E-state index contributed by atoms with van der Waals surface area (Å²) in [5.41, 5.74) is 4.51. The summed E-state index contributed by atoms with van der Waals surface area (Å²) >= 11 is 0. The van der Waals surface area contributed by atoms with Gasteiger partial charge in [-0.2, -0.15) is 5.10 Å². The maximum atomic E-state index is 12.4. The zero-order chi connectivity index (χ0) is 18.4. The summed E-state index contributed by atoms with van der Waals surface area (Å²) in [5.74, 6) is 0.0361. The number of nitrogens with one attached hydrogen (secondary N) is 1. The van der Waals surface area contributed by atoms with Crippen molar-refractivity contribution in [3.8, 4) is 0 Å². The second-order valence-electron chi connectivity index (χ2n) is 6.96. The molecule has 1 aromatic rings. The molecular formula is C19H31N3O3. The number of amides is 1. The quantitative estimate of drug-likeness (QED) is 0.767. The van der Waals surface area contributed by atoms with Gasteiger partial charge in [-0.1, -0.05) is 11.6 Å². The van der Waals surface area contributed by atoms with Crippen molar-refractivity contribution < 1.29 is 14.3 Å². The zero-order valence-electron chi connectivity index (χ0n) is 16.1. The number of carbonyl (C=O) groups excluding carboxylic acids is 1. The number of hydrogen-bond donors (Lipinski definition) is 1. The van der Waals surface area contributed by atoms with Crippen molar-refractivity contribution in [1.29, 1.82) is 0 Å². The molecule has 0 aromatic carbocycles. The Morgan fingerprint density at radius 3 is 2.84 bits per heavy atom. The molecule has 1 aromatic heterocycles. The molecule has 1 aliphatic rings. The van der Waals surface area contributed by atoms with E-state index in [0.29, 0.717) is 32.7 Å². The van der Waals surface area contributed by atoms with Crippen molar-refractivity contribution in [2.24, 2.45) is 7.05 Å². The Morgan fingerprint density at radius 1 is 1.44 bits per heavy atom. The third-order valence-electron chi connectivity index (χ3n) is 4.70. The van der Waals surface area contributed by atoms with E-state index in [1.54, 1.807) is 0 Å². The lowest BCUT2D eigenvalue weighted by Crippen LogP contribution is -2.50. The standard InChI is InChI=1S/C19H31N3O3/c1-13(2)8-11-25-18-9-10-24-12-17(18)20-19(23)7-6-16-14(3)21-22(5)15(16)4/h8,17-18H,6-7,9-12H2,1-5H3,(H,20,23)/t17-,18+/m0/s1. The SMILES string of the molecule is CC(C)=CCO[C@@H]1CCOC[C@@H]1NC(=O)CCc1c(C)nn(C)c1C. The van der Waals surface area contributed by atoms with Gasteiger partial charge in [0.15, 0.2) is 0 Å². The van der Waals surface area contributed by atoms with E-state index in [0.717, 1.165) is 23.4 Å². The van der Waals surface area contributed by atoms with Crippen molar-refractivity contribution in [2.45, 2.75) is 59.1 Å². The van der Waals surface area contributed by atoms with Gasteiger partial charge < -0.3 is 14.8 Å². The Labute approximate surface area is 150 Å². The molecule has 0 radical (unpaired) electrons. The molecular weight excluding hydrogens is 318 g/mol. The largest absolute Gasteiger partial charge is 0.379 e. The molecule has 6 nitrogen and oxygen atoms in total. The number of ether oxygens (including phenoxy) is 2. The van der Waals surface area contributed by atoms with Gasteiger partial charge in [-0.3, -0.25) is 9.48 Å². The van der Waals surface area contributed by atoms with Gasteiger partial charge in [-0.25, -0.2) is 0 Å². The smallest absolute Gasteiger partial charge is 0.220 e. The van der Waals surface area contributed by atoms with Crippen LogP contribution in [0.15, 0.2) is 11.6 Å². The molecule has 25 heavy (non-hydrogen) atoms. The molecule has 0 aliphatic carbocycles. The van der Waals surface area contributed by atoms with Crippen LogP contribution in [-0.4, -0.2) is 47.7 Å². The molecule has 2 atom stereocenters. The summed E-state index contributed by atoms with van der Waals surface area (Å²) < 4.78 is 13.3. The van der Waals surface area contributed by atoms with Crippen LogP contribution < -0.4 is 5.32 Å². The third-order valence-corrected chi connectivity index (χ3v) is 4.70. The normalized spacial score (nSPS) is 20.4. The van der Waals surface area contributed by atoms with Gasteiger partial charge in [0.25, 0.3) is 0 Å². The highest BCUT2D eigenvalue weighted by atomic mass is 16.5. The molecule has 140 valence electrons. The van der Waals surface area contributed by atoms with Crippen molar-refractivity contribution in [3.05, 3.63) is 28.6 Å². The number of rotatable bonds is 7. The number of aryl methyl sites for hydroxylation is 2. The van der Waals surface area contributed by atoms with Gasteiger partial charge >= 0.3 is 0 Å². The molecule has 0 saturated carbocycles. The number of allylic oxidation sites excluding steroid dienone is 1. The predicted octanol–water partition coefficient (Wildman–Crippen LogP) is 2.23. The van der Waals surface area contributed by atoms with Crippen LogP contribution in [0.2, 0.25) is 0 Å². The minimum atomic E-state index is -0.0806. The molecule has 1 saturated heterocycles. The van der Waals surface area contributed by atoms with Gasteiger partial charge in [0.05, 0.1) is 31.1 Å². The van der Waals surface area contributed by atoms with Gasteiger partial charge in [0.1, 0.15) is 0 Å². The predicted molar refractivity (Wildman–Crippen MR) is 97.5 cm³/mol. The fourth-order valence-corrected chi connectivity index (χ4v) is 3.09. The van der Waals surface area contributed by atoms with E-state index in [4.69, 9.17) is 9.47 Å². The first kappa shape index (κ1) is 19.7. The summed E-state index contributed by atoms with van der Waals surface area (Å²) in [7, 11) is 1.93. The summed E-state index contributed by atoms with van der Waals surface area (Å²) in [6.07, 6.45) is 4.03. The van der Waals surface area contributed by atoms with Crippen molar-refractivity contribution in [2.75, 3.05) is 19.8 Å². The fourth-order valence-electron chi connectivity index (χ4n) is 3.09. The second kappa shape index (κ2) is 9.15. The van der Waals surface area contributed by atoms with Crippen LogP contribution in [0.3, 0.4) is 0 Å². The lowest BCUT2D eigenvalue weighted by atomic mass is 10.0. The number of carbonyl (C=O) groups is 1. The average Bonchev–Trinajstić information content (AvgIpc) is 2.79. The summed E-state index contributed by atoms with van der Waals surface area (Å²) in [6.45, 7) is 9.89. The van der Waals surface area contributed by atoms with E-state index in [2.05, 4.69) is 30.3 Å². The van der Waals surface area contributed by atoms with E-state index < -0.39 is 0 Å². The molecule has 0 bridgehead atoms. The molecule has 6 heteroatoms. The highest BCUT2D eigenvalue weighted by Crippen LogP contribution is 2.15. The van der Waals surface area contributed by atoms with E-state index in [9.17, 15) is 4.79 Å². The number of hydrogen-bond acceptors (Lipinski definition) is 4. The highest BCUT2D eigenvalue weighted by Gasteiger charge is 2.27. The van der Waals surface area contributed by atoms with E-state index >= 15 is 0 Å². The molecule has 2 heterocycles. The first-order valence-corrected chi connectivity index (χ1v) is 8.99. The van der Waals surface area contributed by atoms with Crippen LogP contribution in [0, 0.1) is 13.8 Å². The van der Waals surface area contributed by atoms with Gasteiger partial charge in [0.2, 0.25) is 5.91 Å². The number of nitrogens with zero attached hydrogens (tertiary/aromatic N) is 2. The Hall–Kier alpha value is -1.66. The Kier molecular flexibility index (Phi) is 7.20.